The molecule has 1 amide bonds. The van der Waals surface area contributed by atoms with Gasteiger partial charge in [-0.1, -0.05) is 18.2 Å². The number of aliphatic hydroxyl groups excluding tert-OH is 1. The third-order valence-electron chi connectivity index (χ3n) is 3.97. The number of nitrogen functional groups attached to an aromatic ring is 1. The van der Waals surface area contributed by atoms with E-state index >= 15 is 0 Å². The van der Waals surface area contributed by atoms with Crippen molar-refractivity contribution in [3.8, 4) is 23.0 Å². The maximum atomic E-state index is 9.87. The van der Waals surface area contributed by atoms with Crippen molar-refractivity contribution < 1.29 is 28.8 Å². The van der Waals surface area contributed by atoms with Crippen molar-refractivity contribution in [3.05, 3.63) is 41.5 Å². The summed E-state index contributed by atoms with van der Waals surface area (Å²) in [5.41, 5.74) is 17.9. The highest BCUT2D eigenvalue weighted by Gasteiger charge is 2.12. The molecule has 1 atom stereocenters. The Kier molecular flexibility index (Phi) is 10.0. The lowest BCUT2D eigenvalue weighted by Gasteiger charge is -2.12. The molecule has 0 aliphatic rings. The van der Waals surface area contributed by atoms with Crippen molar-refractivity contribution in [2.45, 2.75) is 6.04 Å². The first kappa shape index (κ1) is 24.6. The van der Waals surface area contributed by atoms with Crippen LogP contribution in [0.1, 0.15) is 11.1 Å². The van der Waals surface area contributed by atoms with Gasteiger partial charge in [0.05, 0.1) is 40.7 Å². The van der Waals surface area contributed by atoms with Crippen LogP contribution in [0.25, 0.3) is 12.2 Å². The Morgan fingerprint density at radius 1 is 0.933 bits per heavy atom. The zero-order valence-electron chi connectivity index (χ0n) is 17.5. The van der Waals surface area contributed by atoms with Crippen molar-refractivity contribution in [3.63, 3.8) is 0 Å². The van der Waals surface area contributed by atoms with Gasteiger partial charge in [0, 0.05) is 0 Å². The summed E-state index contributed by atoms with van der Waals surface area (Å²) in [7, 11) is 6.36. The van der Waals surface area contributed by atoms with Gasteiger partial charge in [0.1, 0.15) is 11.8 Å². The number of ether oxygens (including phenoxy) is 4. The monoisotopic (exact) mass is 419 g/mol. The second kappa shape index (κ2) is 12.2. The second-order valence-electron chi connectivity index (χ2n) is 5.98. The lowest BCUT2D eigenvalue weighted by atomic mass is 10.1. The molecule has 0 aliphatic heterocycles. The first-order valence-electron chi connectivity index (χ1n) is 8.88. The molecule has 0 bridgehead atoms. The Bertz CT molecular complexity index is 845. The Morgan fingerprint density at radius 2 is 1.47 bits per heavy atom. The van der Waals surface area contributed by atoms with Crippen LogP contribution in [0, 0.1) is 0 Å². The molecule has 2 aromatic rings. The van der Waals surface area contributed by atoms with Gasteiger partial charge in [-0.2, -0.15) is 0 Å². The molecule has 0 spiro atoms. The van der Waals surface area contributed by atoms with E-state index in [0.29, 0.717) is 28.7 Å². The molecule has 9 heteroatoms. The molecular weight excluding hydrogens is 390 g/mol. The largest absolute Gasteiger partial charge is 0.495 e. The number of methoxy groups -OCH3 is 4. The minimum Gasteiger partial charge on any atom is -0.495 e. The molecule has 9 nitrogen and oxygen atoms in total. The summed E-state index contributed by atoms with van der Waals surface area (Å²) in [4.78, 5) is 9.87. The van der Waals surface area contributed by atoms with E-state index in [9.17, 15) is 4.79 Å². The molecule has 2 aromatic carbocycles. The zero-order chi connectivity index (χ0) is 22.7. The van der Waals surface area contributed by atoms with Crippen LogP contribution in [0.3, 0.4) is 0 Å². The number of rotatable bonds is 8. The molecule has 164 valence electrons. The van der Waals surface area contributed by atoms with Gasteiger partial charge < -0.3 is 41.3 Å². The van der Waals surface area contributed by atoms with Crippen molar-refractivity contribution in [1.82, 2.24) is 0 Å². The SMILES string of the molecule is COc1ccc(C=Cc2cc(OC)c(OC)c(OC)c2)cc1N.NC(=O)[C@@H](N)CO. The number of benzene rings is 2. The summed E-state index contributed by atoms with van der Waals surface area (Å²) < 4.78 is 21.2. The Balaban J connectivity index is 0.000000553. The molecule has 30 heavy (non-hydrogen) atoms. The highest BCUT2D eigenvalue weighted by Crippen LogP contribution is 2.38. The predicted octanol–water partition coefficient (Wildman–Crippen LogP) is 1.26. The number of aliphatic hydroxyl groups is 1. The predicted molar refractivity (Wildman–Crippen MR) is 117 cm³/mol. The first-order chi connectivity index (χ1) is 14.3. The van der Waals surface area contributed by atoms with E-state index in [1.54, 1.807) is 28.4 Å². The van der Waals surface area contributed by atoms with Crippen LogP contribution in [0.15, 0.2) is 30.3 Å². The number of hydrogen-bond acceptors (Lipinski definition) is 8. The van der Waals surface area contributed by atoms with Gasteiger partial charge in [0.15, 0.2) is 11.5 Å². The molecule has 0 saturated heterocycles. The van der Waals surface area contributed by atoms with E-state index in [-0.39, 0.29) is 6.61 Å². The molecule has 0 aliphatic carbocycles. The second-order valence-corrected chi connectivity index (χ2v) is 5.98. The fraction of sp³-hybridized carbons (Fsp3) is 0.286. The Morgan fingerprint density at radius 3 is 1.83 bits per heavy atom. The number of primary amides is 1. The van der Waals surface area contributed by atoms with E-state index in [1.807, 2.05) is 42.5 Å². The molecule has 0 saturated carbocycles. The zero-order valence-corrected chi connectivity index (χ0v) is 17.5. The molecule has 0 unspecified atom stereocenters. The lowest BCUT2D eigenvalue weighted by molar-refractivity contribution is -0.120. The molecule has 0 heterocycles. The van der Waals surface area contributed by atoms with Crippen LogP contribution in [-0.2, 0) is 4.79 Å². The van der Waals surface area contributed by atoms with Gasteiger partial charge in [-0.25, -0.2) is 0 Å². The average Bonchev–Trinajstić information content (AvgIpc) is 2.76. The summed E-state index contributed by atoms with van der Waals surface area (Å²) in [6, 6.07) is 8.48. The fourth-order valence-electron chi connectivity index (χ4n) is 2.34. The first-order valence-corrected chi connectivity index (χ1v) is 8.88. The lowest BCUT2D eigenvalue weighted by Crippen LogP contribution is -2.39. The maximum absolute atomic E-state index is 9.87. The van der Waals surface area contributed by atoms with Crippen LogP contribution in [0.5, 0.6) is 23.0 Å². The molecule has 0 aromatic heterocycles. The summed E-state index contributed by atoms with van der Waals surface area (Å²) in [6.07, 6.45) is 3.90. The third kappa shape index (κ3) is 6.87. The van der Waals surface area contributed by atoms with Crippen LogP contribution in [0.4, 0.5) is 5.69 Å². The van der Waals surface area contributed by atoms with Gasteiger partial charge in [-0.3, -0.25) is 4.79 Å². The standard InChI is InChI=1S/C18H21NO4.C3H8N2O2/c1-20-15-8-7-12(9-14(15)19)5-6-13-10-16(21-2)18(23-4)17(11-13)22-3;4-2(1-6)3(5)7/h5-11H,19H2,1-4H3;2,6H,1,4H2,(H2,5,7)/t;2-/m.0/s1. The Labute approximate surface area is 176 Å². The highest BCUT2D eigenvalue weighted by molar-refractivity contribution is 5.79. The summed E-state index contributed by atoms with van der Waals surface area (Å²) in [5, 5.41) is 8.08. The molecule has 7 N–H and O–H groups in total. The number of hydrogen-bond donors (Lipinski definition) is 4. The van der Waals surface area contributed by atoms with Gasteiger partial charge in [-0.05, 0) is 35.4 Å². The van der Waals surface area contributed by atoms with Gasteiger partial charge in [0.2, 0.25) is 11.7 Å². The van der Waals surface area contributed by atoms with E-state index in [4.69, 9.17) is 35.5 Å². The van der Waals surface area contributed by atoms with Gasteiger partial charge in [-0.15, -0.1) is 0 Å². The van der Waals surface area contributed by atoms with Crippen LogP contribution >= 0.6 is 0 Å². The molecular formula is C21H29N3O6. The summed E-state index contributed by atoms with van der Waals surface area (Å²) in [5.74, 6) is 1.78. The summed E-state index contributed by atoms with van der Waals surface area (Å²) >= 11 is 0. The quantitative estimate of drug-likeness (QED) is 0.369. The molecule has 0 fully saturated rings. The number of anilines is 1. The van der Waals surface area contributed by atoms with Crippen LogP contribution < -0.4 is 36.1 Å². The number of carbonyl (C=O) groups is 1. The number of nitrogens with two attached hydrogens (primary N) is 3. The van der Waals surface area contributed by atoms with E-state index in [0.717, 1.165) is 11.1 Å². The minimum atomic E-state index is -0.903. The maximum Gasteiger partial charge on any atom is 0.236 e. The van der Waals surface area contributed by atoms with Crippen LogP contribution in [0.2, 0.25) is 0 Å². The van der Waals surface area contributed by atoms with Crippen molar-refractivity contribution in [1.29, 1.82) is 0 Å². The number of amides is 1. The average molecular weight is 419 g/mol. The summed E-state index contributed by atoms with van der Waals surface area (Å²) in [6.45, 7) is -0.380. The van der Waals surface area contributed by atoms with E-state index in [1.165, 1.54) is 0 Å². The van der Waals surface area contributed by atoms with Crippen molar-refractivity contribution in [2.75, 3.05) is 40.8 Å². The topological polar surface area (TPSA) is 152 Å². The Hall–Kier alpha value is -3.43. The van der Waals surface area contributed by atoms with E-state index < -0.39 is 11.9 Å². The van der Waals surface area contributed by atoms with Gasteiger partial charge in [0.25, 0.3) is 0 Å². The van der Waals surface area contributed by atoms with E-state index in [2.05, 4.69) is 5.73 Å². The minimum absolute atomic E-state index is 0.380. The molecule has 0 radical (unpaired) electrons. The van der Waals surface area contributed by atoms with Crippen molar-refractivity contribution >= 4 is 23.7 Å². The van der Waals surface area contributed by atoms with Crippen molar-refractivity contribution in [2.24, 2.45) is 11.5 Å². The van der Waals surface area contributed by atoms with Gasteiger partial charge >= 0.3 is 0 Å². The normalized spacial score (nSPS) is 11.3. The number of carbonyl (C=O) groups excluding carboxylic acids is 1. The van der Waals surface area contributed by atoms with Crippen LogP contribution in [-0.4, -0.2) is 52.1 Å². The fourth-order valence-corrected chi connectivity index (χ4v) is 2.34. The third-order valence-corrected chi connectivity index (χ3v) is 3.97. The highest BCUT2D eigenvalue weighted by atomic mass is 16.5. The smallest absolute Gasteiger partial charge is 0.236 e. The molecule has 2 rings (SSSR count).